The molecule has 1 heterocycles. The van der Waals surface area contributed by atoms with Crippen molar-refractivity contribution in [2.45, 2.75) is 33.3 Å². The molecule has 0 saturated carbocycles. The molecule has 17 heavy (non-hydrogen) atoms. The van der Waals surface area contributed by atoms with Crippen molar-refractivity contribution in [2.24, 2.45) is 0 Å². The monoisotopic (exact) mass is 239 g/mol. The first kappa shape index (κ1) is 13.7. The second-order valence-corrected chi connectivity index (χ2v) is 3.74. The number of rotatable bonds is 8. The van der Waals surface area contributed by atoms with Gasteiger partial charge >= 0.3 is 0 Å². The van der Waals surface area contributed by atoms with Gasteiger partial charge < -0.3 is 14.8 Å². The van der Waals surface area contributed by atoms with Crippen LogP contribution in [0.25, 0.3) is 0 Å². The van der Waals surface area contributed by atoms with Gasteiger partial charge in [0.05, 0.1) is 12.7 Å². The molecule has 0 bridgehead atoms. The van der Waals surface area contributed by atoms with E-state index >= 15 is 0 Å². The van der Waals surface area contributed by atoms with Gasteiger partial charge in [0.25, 0.3) is 0 Å². The van der Waals surface area contributed by atoms with Crippen LogP contribution in [-0.4, -0.2) is 35.8 Å². The van der Waals surface area contributed by atoms with Gasteiger partial charge in [-0.2, -0.15) is 0 Å². The van der Waals surface area contributed by atoms with E-state index in [0.717, 1.165) is 25.4 Å². The van der Waals surface area contributed by atoms with Crippen molar-refractivity contribution in [3.63, 3.8) is 0 Å². The van der Waals surface area contributed by atoms with Gasteiger partial charge in [-0.3, -0.25) is 0 Å². The maximum atomic E-state index is 5.43. The van der Waals surface area contributed by atoms with Crippen LogP contribution in [-0.2, 0) is 4.74 Å². The van der Waals surface area contributed by atoms with Gasteiger partial charge in [0, 0.05) is 19.2 Å². The van der Waals surface area contributed by atoms with Gasteiger partial charge in [-0.05, 0) is 20.3 Å². The zero-order chi connectivity index (χ0) is 12.5. The second kappa shape index (κ2) is 7.84. The Morgan fingerprint density at radius 3 is 2.88 bits per heavy atom. The van der Waals surface area contributed by atoms with E-state index < -0.39 is 0 Å². The molecule has 0 saturated heterocycles. The van der Waals surface area contributed by atoms with E-state index in [4.69, 9.17) is 9.47 Å². The number of nitrogens with one attached hydrogen (secondary N) is 1. The summed E-state index contributed by atoms with van der Waals surface area (Å²) >= 11 is 0. The summed E-state index contributed by atoms with van der Waals surface area (Å²) in [5.41, 5.74) is 0. The van der Waals surface area contributed by atoms with Gasteiger partial charge in [-0.15, -0.1) is 0 Å². The molecule has 0 aliphatic carbocycles. The summed E-state index contributed by atoms with van der Waals surface area (Å²) in [7, 11) is 0. The zero-order valence-corrected chi connectivity index (χ0v) is 10.8. The predicted octanol–water partition coefficient (Wildman–Crippen LogP) is 2.10. The van der Waals surface area contributed by atoms with Crippen LogP contribution in [0.1, 0.15) is 27.2 Å². The van der Waals surface area contributed by atoms with Crippen LogP contribution in [0.3, 0.4) is 0 Å². The lowest BCUT2D eigenvalue weighted by Crippen LogP contribution is -2.20. The smallest absolute Gasteiger partial charge is 0.218 e. The van der Waals surface area contributed by atoms with Crippen LogP contribution < -0.4 is 10.1 Å². The predicted molar refractivity (Wildman–Crippen MR) is 67.4 cm³/mol. The van der Waals surface area contributed by atoms with E-state index in [-0.39, 0.29) is 6.10 Å². The van der Waals surface area contributed by atoms with Crippen LogP contribution in [0.4, 0.5) is 5.82 Å². The summed E-state index contributed by atoms with van der Waals surface area (Å²) in [6, 6.07) is 1.80. The third kappa shape index (κ3) is 5.49. The van der Waals surface area contributed by atoms with Crippen molar-refractivity contribution < 1.29 is 9.47 Å². The molecule has 0 aliphatic rings. The van der Waals surface area contributed by atoms with Crippen LogP contribution in [0.5, 0.6) is 5.88 Å². The number of aromatic nitrogens is 2. The van der Waals surface area contributed by atoms with E-state index in [9.17, 15) is 0 Å². The molecule has 1 unspecified atom stereocenters. The summed E-state index contributed by atoms with van der Waals surface area (Å²) in [5.74, 6) is 1.37. The lowest BCUT2D eigenvalue weighted by atomic mass is 10.4. The standard InChI is InChI=1S/C12H21N3O2/c1-4-6-17-12-7-11(14-9-15-12)13-8-10(3)16-5-2/h7,9-10H,4-6,8H2,1-3H3,(H,13,14,15). The van der Waals surface area contributed by atoms with Crippen molar-refractivity contribution in [1.29, 1.82) is 0 Å². The SMILES string of the molecule is CCCOc1cc(NCC(C)OCC)ncn1. The lowest BCUT2D eigenvalue weighted by molar-refractivity contribution is 0.0855. The maximum absolute atomic E-state index is 5.43. The molecule has 0 amide bonds. The van der Waals surface area contributed by atoms with Crippen LogP contribution in [0, 0.1) is 0 Å². The molecule has 0 radical (unpaired) electrons. The zero-order valence-electron chi connectivity index (χ0n) is 10.8. The Morgan fingerprint density at radius 1 is 1.35 bits per heavy atom. The van der Waals surface area contributed by atoms with Gasteiger partial charge in [0.2, 0.25) is 5.88 Å². The lowest BCUT2D eigenvalue weighted by Gasteiger charge is -2.13. The Bertz CT molecular complexity index is 320. The number of hydrogen-bond donors (Lipinski definition) is 1. The minimum Gasteiger partial charge on any atom is -0.478 e. The summed E-state index contributed by atoms with van der Waals surface area (Å²) in [6.07, 6.45) is 2.63. The Kier molecular flexibility index (Phi) is 6.32. The molecule has 96 valence electrons. The van der Waals surface area contributed by atoms with E-state index in [0.29, 0.717) is 12.5 Å². The molecule has 5 nitrogen and oxygen atoms in total. The normalized spacial score (nSPS) is 12.2. The van der Waals surface area contributed by atoms with E-state index in [2.05, 4.69) is 22.2 Å². The first-order chi connectivity index (χ1) is 8.26. The van der Waals surface area contributed by atoms with E-state index in [1.165, 1.54) is 6.33 Å². The van der Waals surface area contributed by atoms with E-state index in [1.54, 1.807) is 6.07 Å². The summed E-state index contributed by atoms with van der Waals surface area (Å²) in [4.78, 5) is 8.16. The summed E-state index contributed by atoms with van der Waals surface area (Å²) in [6.45, 7) is 8.18. The fraction of sp³-hybridized carbons (Fsp3) is 0.667. The maximum Gasteiger partial charge on any atom is 0.218 e. The topological polar surface area (TPSA) is 56.3 Å². The van der Waals surface area contributed by atoms with Crippen molar-refractivity contribution >= 4 is 5.82 Å². The number of nitrogens with zero attached hydrogens (tertiary/aromatic N) is 2. The van der Waals surface area contributed by atoms with Crippen molar-refractivity contribution in [3.8, 4) is 5.88 Å². The fourth-order valence-corrected chi connectivity index (χ4v) is 1.31. The van der Waals surface area contributed by atoms with Crippen molar-refractivity contribution in [3.05, 3.63) is 12.4 Å². The molecule has 5 heteroatoms. The van der Waals surface area contributed by atoms with Crippen LogP contribution in [0.2, 0.25) is 0 Å². The summed E-state index contributed by atoms with van der Waals surface area (Å²) in [5, 5.41) is 3.19. The number of ether oxygens (including phenoxy) is 2. The van der Waals surface area contributed by atoms with Crippen LogP contribution >= 0.6 is 0 Å². The molecule has 1 rings (SSSR count). The minimum atomic E-state index is 0.162. The highest BCUT2D eigenvalue weighted by molar-refractivity contribution is 5.37. The first-order valence-electron chi connectivity index (χ1n) is 6.06. The van der Waals surface area contributed by atoms with E-state index in [1.807, 2.05) is 13.8 Å². The van der Waals surface area contributed by atoms with Crippen molar-refractivity contribution in [1.82, 2.24) is 9.97 Å². The highest BCUT2D eigenvalue weighted by Crippen LogP contribution is 2.11. The first-order valence-corrected chi connectivity index (χ1v) is 6.06. The van der Waals surface area contributed by atoms with Crippen molar-refractivity contribution in [2.75, 3.05) is 25.1 Å². The molecule has 0 aromatic carbocycles. The second-order valence-electron chi connectivity index (χ2n) is 3.74. The molecule has 0 fully saturated rings. The Hall–Kier alpha value is -1.36. The molecule has 1 aromatic rings. The largest absolute Gasteiger partial charge is 0.478 e. The Morgan fingerprint density at radius 2 is 2.18 bits per heavy atom. The van der Waals surface area contributed by atoms with Gasteiger partial charge in [-0.25, -0.2) is 9.97 Å². The Labute approximate surface area is 103 Å². The fourth-order valence-electron chi connectivity index (χ4n) is 1.31. The molecule has 1 N–H and O–H groups in total. The average Bonchev–Trinajstić information content (AvgIpc) is 2.35. The highest BCUT2D eigenvalue weighted by Gasteiger charge is 2.03. The summed E-state index contributed by atoms with van der Waals surface area (Å²) < 4.78 is 10.8. The van der Waals surface area contributed by atoms with Gasteiger partial charge in [0.15, 0.2) is 0 Å². The molecule has 0 spiro atoms. The molecular weight excluding hydrogens is 218 g/mol. The average molecular weight is 239 g/mol. The third-order valence-electron chi connectivity index (χ3n) is 2.12. The third-order valence-corrected chi connectivity index (χ3v) is 2.12. The minimum absolute atomic E-state index is 0.162. The van der Waals surface area contributed by atoms with Gasteiger partial charge in [-0.1, -0.05) is 6.92 Å². The molecule has 1 atom stereocenters. The highest BCUT2D eigenvalue weighted by atomic mass is 16.5. The molecule has 1 aromatic heterocycles. The number of hydrogen-bond acceptors (Lipinski definition) is 5. The van der Waals surface area contributed by atoms with Crippen LogP contribution in [0.15, 0.2) is 12.4 Å². The quantitative estimate of drug-likeness (QED) is 0.753. The molecular formula is C12H21N3O2. The molecule has 0 aliphatic heterocycles. The van der Waals surface area contributed by atoms with Gasteiger partial charge in [0.1, 0.15) is 12.1 Å². The number of anilines is 1. The Balaban J connectivity index is 2.42.